The van der Waals surface area contributed by atoms with Crippen molar-refractivity contribution in [3.8, 4) is 0 Å². The Balaban J connectivity index is 2.17. The fraction of sp³-hybridized carbons (Fsp3) is 0. The number of carbonyl (C=O) groups excluding carboxylic acids is 1. The summed E-state index contributed by atoms with van der Waals surface area (Å²) in [5.74, 6) is -1.21. The predicted molar refractivity (Wildman–Crippen MR) is 85.5 cm³/mol. The highest BCUT2D eigenvalue weighted by molar-refractivity contribution is 6.52. The highest BCUT2D eigenvalue weighted by Crippen LogP contribution is 2.22. The van der Waals surface area contributed by atoms with Crippen molar-refractivity contribution in [2.24, 2.45) is 0 Å². The Morgan fingerprint density at radius 3 is 1.36 bits per heavy atom. The second-order valence-corrected chi connectivity index (χ2v) is 5.22. The molecule has 0 saturated carbocycles. The summed E-state index contributed by atoms with van der Waals surface area (Å²) in [5.41, 5.74) is 1.03. The number of hydrogen-bond donors (Lipinski definition) is 0. The number of hydrogen-bond acceptors (Lipinski definition) is 1. The van der Waals surface area contributed by atoms with Gasteiger partial charge in [0, 0.05) is 12.2 Å². The van der Waals surface area contributed by atoms with E-state index >= 15 is 0 Å². The fourth-order valence-electron chi connectivity index (χ4n) is 1.68. The van der Waals surface area contributed by atoms with E-state index in [0.29, 0.717) is 11.1 Å². The molecule has 5 heteroatoms. The van der Waals surface area contributed by atoms with Crippen molar-refractivity contribution in [3.63, 3.8) is 0 Å². The molecule has 0 heterocycles. The zero-order chi connectivity index (χ0) is 16.1. The van der Waals surface area contributed by atoms with Gasteiger partial charge in [-0.25, -0.2) is 8.78 Å². The first-order valence-electron chi connectivity index (χ1n) is 6.26. The Bertz CT molecular complexity index is 669. The average molecular weight is 339 g/mol. The number of rotatable bonds is 4. The molecule has 0 aliphatic carbocycles. The molecule has 0 saturated heterocycles. The first-order chi connectivity index (χ1) is 10.5. The van der Waals surface area contributed by atoms with E-state index in [1.807, 2.05) is 0 Å². The average Bonchev–Trinajstić information content (AvgIpc) is 2.48. The molecule has 0 unspecified atom stereocenters. The Morgan fingerprint density at radius 1 is 0.727 bits per heavy atom. The summed E-state index contributed by atoms with van der Waals surface area (Å²) in [6.45, 7) is 0. The Morgan fingerprint density at radius 2 is 1.05 bits per heavy atom. The monoisotopic (exact) mass is 338 g/mol. The first kappa shape index (κ1) is 16.4. The molecule has 0 amide bonds. The van der Waals surface area contributed by atoms with Gasteiger partial charge in [0.1, 0.15) is 11.6 Å². The molecule has 2 aromatic rings. The molecule has 0 bridgehead atoms. The van der Waals surface area contributed by atoms with E-state index in [4.69, 9.17) is 23.2 Å². The minimum absolute atomic E-state index is 0.171. The van der Waals surface area contributed by atoms with Gasteiger partial charge < -0.3 is 0 Å². The quantitative estimate of drug-likeness (QED) is 0.682. The first-order valence-corrected chi connectivity index (χ1v) is 7.01. The van der Waals surface area contributed by atoms with Crippen LogP contribution in [0.5, 0.6) is 0 Å². The second kappa shape index (κ2) is 7.34. The molecule has 2 aromatic carbocycles. The summed E-state index contributed by atoms with van der Waals surface area (Å²) < 4.78 is 25.6. The Labute approximate surface area is 136 Å². The van der Waals surface area contributed by atoms with Crippen molar-refractivity contribution in [1.82, 2.24) is 0 Å². The highest BCUT2D eigenvalue weighted by Gasteiger charge is 2.04. The minimum atomic E-state index is -0.427. The van der Waals surface area contributed by atoms with Crippen LogP contribution in [-0.2, 0) is 4.79 Å². The number of allylic oxidation sites excluding steroid dienone is 2. The van der Waals surface area contributed by atoms with Crippen molar-refractivity contribution in [2.45, 2.75) is 0 Å². The van der Waals surface area contributed by atoms with Gasteiger partial charge in [0.15, 0.2) is 5.78 Å². The summed E-state index contributed by atoms with van der Waals surface area (Å²) in [4.78, 5) is 11.9. The zero-order valence-corrected chi connectivity index (χ0v) is 12.7. The molecule has 0 N–H and O–H groups in total. The van der Waals surface area contributed by atoms with E-state index < -0.39 is 17.4 Å². The van der Waals surface area contributed by atoms with Crippen molar-refractivity contribution >= 4 is 39.0 Å². The molecule has 2 rings (SSSR count). The summed E-state index contributed by atoms with van der Waals surface area (Å²) in [6, 6.07) is 10.8. The Hall–Kier alpha value is -1.97. The van der Waals surface area contributed by atoms with E-state index in [-0.39, 0.29) is 10.1 Å². The van der Waals surface area contributed by atoms with E-state index in [2.05, 4.69) is 0 Å². The maximum atomic E-state index is 12.8. The number of halogens is 4. The number of ketones is 1. The molecule has 0 aliphatic heterocycles. The van der Waals surface area contributed by atoms with Crippen LogP contribution in [0.25, 0.3) is 10.1 Å². The van der Waals surface area contributed by atoms with E-state index in [9.17, 15) is 13.6 Å². The van der Waals surface area contributed by atoms with Crippen LogP contribution in [-0.4, -0.2) is 5.78 Å². The summed E-state index contributed by atoms with van der Waals surface area (Å²) >= 11 is 12.0. The van der Waals surface area contributed by atoms with Crippen molar-refractivity contribution in [1.29, 1.82) is 0 Å². The normalized spacial score (nSPS) is 12.4. The molecule has 0 aliphatic rings. The maximum Gasteiger partial charge on any atom is 0.181 e. The van der Waals surface area contributed by atoms with Crippen LogP contribution >= 0.6 is 23.2 Å². The van der Waals surface area contributed by atoms with Gasteiger partial charge in [-0.3, -0.25) is 4.79 Å². The molecule has 112 valence electrons. The third-order valence-corrected chi connectivity index (χ3v) is 3.43. The third kappa shape index (κ3) is 4.52. The van der Waals surface area contributed by atoms with E-state index in [1.165, 1.54) is 60.7 Å². The SMILES string of the molecule is O=C(C=C(Cl)c1ccc(F)cc1)C=C(Cl)c1ccc(F)cc1. The summed E-state index contributed by atoms with van der Waals surface area (Å²) in [6.07, 6.45) is 2.36. The van der Waals surface area contributed by atoms with Crippen molar-refractivity contribution in [3.05, 3.63) is 83.4 Å². The molecule has 0 spiro atoms. The second-order valence-electron chi connectivity index (χ2n) is 4.40. The molecule has 0 radical (unpaired) electrons. The molecule has 0 fully saturated rings. The van der Waals surface area contributed by atoms with Crippen LogP contribution in [0.2, 0.25) is 0 Å². The maximum absolute atomic E-state index is 12.8. The topological polar surface area (TPSA) is 17.1 Å². The van der Waals surface area contributed by atoms with Gasteiger partial charge in [0.05, 0.1) is 10.1 Å². The van der Waals surface area contributed by atoms with Gasteiger partial charge in [0.25, 0.3) is 0 Å². The third-order valence-electron chi connectivity index (χ3n) is 2.78. The van der Waals surface area contributed by atoms with Crippen LogP contribution in [0.15, 0.2) is 60.7 Å². The van der Waals surface area contributed by atoms with Gasteiger partial charge in [0.2, 0.25) is 0 Å². The van der Waals surface area contributed by atoms with Gasteiger partial charge >= 0.3 is 0 Å². The number of carbonyl (C=O) groups is 1. The highest BCUT2D eigenvalue weighted by atomic mass is 35.5. The molecule has 0 aromatic heterocycles. The lowest BCUT2D eigenvalue weighted by molar-refractivity contribution is -0.110. The van der Waals surface area contributed by atoms with Gasteiger partial charge in [-0.1, -0.05) is 47.5 Å². The van der Waals surface area contributed by atoms with Gasteiger partial charge in [-0.05, 0) is 35.4 Å². The van der Waals surface area contributed by atoms with Gasteiger partial charge in [-0.2, -0.15) is 0 Å². The largest absolute Gasteiger partial charge is 0.290 e. The zero-order valence-electron chi connectivity index (χ0n) is 11.2. The molecule has 0 atom stereocenters. The van der Waals surface area contributed by atoms with Gasteiger partial charge in [-0.15, -0.1) is 0 Å². The van der Waals surface area contributed by atoms with Crippen LogP contribution in [0.1, 0.15) is 11.1 Å². The van der Waals surface area contributed by atoms with Crippen LogP contribution in [0.4, 0.5) is 8.78 Å². The lowest BCUT2D eigenvalue weighted by Crippen LogP contribution is -1.90. The van der Waals surface area contributed by atoms with Crippen molar-refractivity contribution in [2.75, 3.05) is 0 Å². The van der Waals surface area contributed by atoms with E-state index in [1.54, 1.807) is 0 Å². The summed E-state index contributed by atoms with van der Waals surface area (Å²) in [7, 11) is 0. The van der Waals surface area contributed by atoms with Crippen LogP contribution < -0.4 is 0 Å². The molecular weight excluding hydrogens is 329 g/mol. The van der Waals surface area contributed by atoms with Crippen molar-refractivity contribution < 1.29 is 13.6 Å². The predicted octanol–water partition coefficient (Wildman–Crippen LogP) is 5.39. The van der Waals surface area contributed by atoms with E-state index in [0.717, 1.165) is 0 Å². The Kier molecular flexibility index (Phi) is 5.47. The van der Waals surface area contributed by atoms with Crippen LogP contribution in [0, 0.1) is 11.6 Å². The lowest BCUT2D eigenvalue weighted by atomic mass is 10.1. The molecular formula is C17H10Cl2F2O. The standard InChI is InChI=1S/C17H10Cl2F2O/c18-16(11-1-5-13(20)6-2-11)9-15(22)10-17(19)12-3-7-14(21)8-4-12/h1-10H. The van der Waals surface area contributed by atoms with Crippen LogP contribution in [0.3, 0.4) is 0 Å². The summed E-state index contributed by atoms with van der Waals surface area (Å²) in [5, 5.41) is 0.342. The molecule has 1 nitrogen and oxygen atoms in total. The lowest BCUT2D eigenvalue weighted by Gasteiger charge is -2.00. The smallest absolute Gasteiger partial charge is 0.181 e. The number of benzene rings is 2. The fourth-order valence-corrected chi connectivity index (χ4v) is 2.14. The molecule has 22 heavy (non-hydrogen) atoms. The minimum Gasteiger partial charge on any atom is -0.290 e.